The Balaban J connectivity index is 0.000000146. The van der Waals surface area contributed by atoms with Crippen LogP contribution in [0.1, 0.15) is 16.8 Å². The van der Waals surface area contributed by atoms with Crippen molar-refractivity contribution in [2.24, 2.45) is 0 Å². The van der Waals surface area contributed by atoms with Gasteiger partial charge in [-0.2, -0.15) is 11.3 Å². The van der Waals surface area contributed by atoms with E-state index in [4.69, 9.17) is 8.83 Å². The molecule has 0 saturated carbocycles. The van der Waals surface area contributed by atoms with Gasteiger partial charge in [0, 0.05) is 61.9 Å². The van der Waals surface area contributed by atoms with Gasteiger partial charge >= 0.3 is 33.0 Å². The third-order valence-corrected chi connectivity index (χ3v) is 25.8. The number of nitrogens with zero attached hydrogens (tertiary/aromatic N) is 4. The van der Waals surface area contributed by atoms with Gasteiger partial charge in [-0.3, -0.25) is 9.97 Å². The summed E-state index contributed by atoms with van der Waals surface area (Å²) in [6.07, 6.45) is 5.50. The summed E-state index contributed by atoms with van der Waals surface area (Å²) in [5, 5.41) is 14.4. The maximum Gasteiger partial charge on any atom is 2.00 e. The van der Waals surface area contributed by atoms with Crippen molar-refractivity contribution in [2.45, 2.75) is 5.66 Å². The van der Waals surface area contributed by atoms with Gasteiger partial charge in [0.05, 0.1) is 41.6 Å². The summed E-state index contributed by atoms with van der Waals surface area (Å²) in [5.74, 6) is 0.737. The SMILES string of the molecule is [Ni+2].[Ni+2].[c-]1c(-c2ccccn2)ccc2cccc(-c3[c-]c4c5c(ccc4o3)-c3ccccc3C5[PH+](c3ccccc3)c3ccccc3)c12.[c-]1c(-c2ccccn2)ccc2occ(-n3c4[c-]c5c(cc4c4ccccc43)sc3c4ccccc4n([PH+](c4ccccc4)c4ccccc4)c53)c12. The Hall–Kier alpha value is -10.3. The summed E-state index contributed by atoms with van der Waals surface area (Å²) in [4.78, 5) is 9.17. The second kappa shape index (κ2) is 25.6. The molecule has 0 amide bonds. The van der Waals surface area contributed by atoms with E-state index in [9.17, 15) is 0 Å². The molecule has 7 heterocycles. The zero-order valence-electron chi connectivity index (χ0n) is 52.2. The summed E-state index contributed by atoms with van der Waals surface area (Å²) >= 11 is 1.88. The summed E-state index contributed by atoms with van der Waals surface area (Å²) in [6.45, 7) is 0. The van der Waals surface area contributed by atoms with E-state index in [0.717, 1.165) is 88.7 Å². The quantitative estimate of drug-likeness (QED) is 0.0778. The van der Waals surface area contributed by atoms with Gasteiger partial charge < -0.3 is 13.4 Å². The molecule has 1 aliphatic carbocycles. The predicted octanol–water partition coefficient (Wildman–Crippen LogP) is 21.0. The monoisotopic (exact) mass is 1400 g/mol. The van der Waals surface area contributed by atoms with Crippen LogP contribution < -0.4 is 21.2 Å². The Labute approximate surface area is 591 Å². The van der Waals surface area contributed by atoms with Gasteiger partial charge in [-0.1, -0.05) is 254 Å². The minimum Gasteiger partial charge on any atom is -0.519 e. The average molecular weight is 1400 g/mol. The third kappa shape index (κ3) is 10.3. The molecule has 7 aromatic heterocycles. The second-order valence-corrected chi connectivity index (χ2v) is 30.2. The molecule has 0 bridgehead atoms. The summed E-state index contributed by atoms with van der Waals surface area (Å²) in [7, 11) is -2.75. The van der Waals surface area contributed by atoms with E-state index < -0.39 is 16.0 Å². The molecule has 11 heteroatoms. The molecular weight excluding hydrogens is 1340 g/mol. The molecule has 0 N–H and O–H groups in total. The van der Waals surface area contributed by atoms with E-state index in [2.05, 4.69) is 286 Å². The summed E-state index contributed by atoms with van der Waals surface area (Å²) < 4.78 is 20.4. The van der Waals surface area contributed by atoms with Crippen molar-refractivity contribution in [3.8, 4) is 50.7 Å². The van der Waals surface area contributed by atoms with Gasteiger partial charge in [0.15, 0.2) is 8.07 Å². The smallest absolute Gasteiger partial charge is 0.519 e. The molecule has 1 atom stereocenters. The molecular formula is C87H54N4Ni2O2P2S+2. The van der Waals surface area contributed by atoms with Crippen molar-refractivity contribution in [3.63, 3.8) is 0 Å². The fourth-order valence-corrected chi connectivity index (χ4v) is 22.0. The van der Waals surface area contributed by atoms with Gasteiger partial charge in [0.25, 0.3) is 0 Å². The Morgan fingerprint density at radius 1 is 0.429 bits per heavy atom. The Morgan fingerprint density at radius 3 is 1.69 bits per heavy atom. The van der Waals surface area contributed by atoms with Gasteiger partial charge in [-0.25, -0.2) is 4.34 Å². The van der Waals surface area contributed by atoms with Crippen molar-refractivity contribution >= 4 is 134 Å². The van der Waals surface area contributed by atoms with E-state index in [0.29, 0.717) is 0 Å². The van der Waals surface area contributed by atoms with Crippen LogP contribution in [0.15, 0.2) is 319 Å². The van der Waals surface area contributed by atoms with Crippen LogP contribution in [0.3, 0.4) is 0 Å². The van der Waals surface area contributed by atoms with Gasteiger partial charge in [0.2, 0.25) is 0 Å². The minimum atomic E-state index is -1.46. The van der Waals surface area contributed by atoms with Crippen molar-refractivity contribution in [3.05, 3.63) is 345 Å². The van der Waals surface area contributed by atoms with Crippen molar-refractivity contribution in [2.75, 3.05) is 0 Å². The average Bonchev–Trinajstić information content (AvgIpc) is 1.55. The molecule has 12 aromatic carbocycles. The third-order valence-electron chi connectivity index (χ3n) is 18.9. The number of rotatable bonds is 10. The van der Waals surface area contributed by atoms with Crippen LogP contribution in [0.25, 0.3) is 136 Å². The van der Waals surface area contributed by atoms with Gasteiger partial charge in [-0.15, -0.1) is 53.2 Å². The number of pyridine rings is 2. The van der Waals surface area contributed by atoms with Crippen molar-refractivity contribution in [1.82, 2.24) is 18.9 Å². The van der Waals surface area contributed by atoms with E-state index in [1.807, 2.05) is 78.5 Å². The van der Waals surface area contributed by atoms with Crippen LogP contribution in [0, 0.1) is 24.3 Å². The number of aromatic nitrogens is 4. The molecule has 0 spiro atoms. The van der Waals surface area contributed by atoms with Crippen molar-refractivity contribution < 1.29 is 41.8 Å². The molecule has 0 aliphatic heterocycles. The Bertz CT molecular complexity index is 6100. The first-order valence-electron chi connectivity index (χ1n) is 32.2. The van der Waals surface area contributed by atoms with Crippen molar-refractivity contribution in [1.29, 1.82) is 0 Å². The first-order valence-corrected chi connectivity index (χ1v) is 36.1. The second-order valence-electron chi connectivity index (χ2n) is 24.3. The number of hydrogen-bond donors (Lipinski definition) is 0. The molecule has 98 heavy (non-hydrogen) atoms. The first-order chi connectivity index (χ1) is 47.6. The molecule has 1 unspecified atom stereocenters. The molecule has 0 fully saturated rings. The van der Waals surface area contributed by atoms with Crippen LogP contribution in [0.2, 0.25) is 0 Å². The maximum atomic E-state index is 6.69. The molecule has 0 radical (unpaired) electrons. The Morgan fingerprint density at radius 2 is 1.01 bits per heavy atom. The molecule has 0 saturated heterocycles. The van der Waals surface area contributed by atoms with E-state index in [1.54, 1.807) is 0 Å². The van der Waals surface area contributed by atoms with Gasteiger partial charge in [0.1, 0.15) is 10.6 Å². The van der Waals surface area contributed by atoms with Crippen LogP contribution in [-0.2, 0) is 33.0 Å². The topological polar surface area (TPSA) is 61.9 Å². The number of thiophene rings is 1. The number of furan rings is 2. The van der Waals surface area contributed by atoms with Crippen LogP contribution in [-0.4, -0.2) is 18.9 Å². The molecule has 1 aliphatic rings. The fraction of sp³-hybridized carbons (Fsp3) is 0.0115. The van der Waals surface area contributed by atoms with E-state index in [-0.39, 0.29) is 38.6 Å². The standard InChI is InChI=1S/C45H26N3OPS.C42H26NOP.2Ni/c1-3-13-30(14-4-1)50(31-15-5-2-6-16-31)48-39-21-10-8-18-33(39)45-44(48)36-26-40-34(27-43(36)51-45)32-17-7-9-20-38(32)47(40)41-28-49-42-23-22-29(25-35(41)42)37-19-11-12-24-46-37;1-3-13-30(14-4-1)45(31-15-5-2-6-16-31)42-35-18-8-7-17-32(35)34-23-24-39-37(41(34)42)27-40(44-39)33-19-11-12-28-21-22-29(26-36(28)33)38-20-9-10-25-43-38;;/h1-24,27-28H;1-25,42H;;/q2*-2;2*+2/p+2. The molecule has 6 nitrogen and oxygen atoms in total. The Kier molecular flexibility index (Phi) is 16.0. The zero-order valence-corrected chi connectivity index (χ0v) is 57.0. The van der Waals surface area contributed by atoms with Crippen LogP contribution >= 0.6 is 27.3 Å². The normalized spacial score (nSPS) is 12.6. The zero-order chi connectivity index (χ0) is 63.2. The first kappa shape index (κ1) is 61.3. The summed E-state index contributed by atoms with van der Waals surface area (Å²) in [5.41, 5.74) is 17.4. The van der Waals surface area contributed by atoms with Crippen LogP contribution in [0.4, 0.5) is 0 Å². The fourth-order valence-electron chi connectivity index (χ4n) is 14.7. The largest absolute Gasteiger partial charge is 2.00 e. The molecule has 468 valence electrons. The number of hydrogen-bond acceptors (Lipinski definition) is 5. The number of fused-ring (bicyclic) bond motifs is 15. The number of benzene rings is 12. The number of para-hydroxylation sites is 2. The summed E-state index contributed by atoms with van der Waals surface area (Å²) in [6, 6.07) is 119. The van der Waals surface area contributed by atoms with Gasteiger partial charge in [-0.05, 0) is 94.8 Å². The minimum absolute atomic E-state index is 0. The molecule has 20 rings (SSSR count). The van der Waals surface area contributed by atoms with E-state index in [1.165, 1.54) is 80.1 Å². The maximum absolute atomic E-state index is 6.69. The predicted molar refractivity (Wildman–Crippen MR) is 404 cm³/mol. The molecule has 19 aromatic rings. The van der Waals surface area contributed by atoms with Crippen LogP contribution in [0.5, 0.6) is 0 Å². The van der Waals surface area contributed by atoms with E-state index >= 15 is 0 Å².